The van der Waals surface area contributed by atoms with Gasteiger partial charge in [0.1, 0.15) is 10.6 Å². The maximum atomic E-state index is 12.5. The summed E-state index contributed by atoms with van der Waals surface area (Å²) in [5.74, 6) is 0.274. The highest BCUT2D eigenvalue weighted by Crippen LogP contribution is 2.48. The van der Waals surface area contributed by atoms with Crippen molar-refractivity contribution >= 4 is 93.1 Å². The van der Waals surface area contributed by atoms with Crippen molar-refractivity contribution in [3.63, 3.8) is 0 Å². The molecule has 0 bridgehead atoms. The summed E-state index contributed by atoms with van der Waals surface area (Å²) in [7, 11) is -0.138. The molecule has 0 aliphatic heterocycles. The third-order valence-corrected chi connectivity index (χ3v) is 10.0. The maximum Gasteiger partial charge on any atom is 0.354 e. The van der Waals surface area contributed by atoms with Crippen molar-refractivity contribution in [3.05, 3.63) is 90.2 Å². The molecule has 142 valence electrons. The molecule has 6 heteroatoms. The Morgan fingerprint density at radius 2 is 1.41 bits per heavy atom. The van der Waals surface area contributed by atoms with Gasteiger partial charge in [0.05, 0.1) is 2.88 Å². The van der Waals surface area contributed by atoms with Crippen LogP contribution >= 0.6 is 67.0 Å². The second-order valence-electron chi connectivity index (χ2n) is 6.39. The topological polar surface area (TPSA) is 26.3 Å². The van der Waals surface area contributed by atoms with Crippen molar-refractivity contribution < 1.29 is 9.53 Å². The van der Waals surface area contributed by atoms with Gasteiger partial charge in [0.25, 0.3) is 0 Å². The molecule has 2 aromatic heterocycles. The van der Waals surface area contributed by atoms with Gasteiger partial charge >= 0.3 is 5.97 Å². The molecule has 0 atom stereocenters. The molecule has 3 aromatic carbocycles. The van der Waals surface area contributed by atoms with E-state index in [-0.39, 0.29) is 16.4 Å². The van der Waals surface area contributed by atoms with Crippen molar-refractivity contribution in [3.8, 4) is 10.6 Å². The van der Waals surface area contributed by atoms with Gasteiger partial charge in [0.15, 0.2) is 14.3 Å². The predicted molar refractivity (Wildman–Crippen MR) is 140 cm³/mol. The lowest BCUT2D eigenvalue weighted by Crippen LogP contribution is -2.07. The number of halogens is 2. The van der Waals surface area contributed by atoms with Crippen molar-refractivity contribution in [2.45, 2.75) is 0 Å². The second-order valence-corrected chi connectivity index (χ2v) is 12.5. The number of esters is 1. The van der Waals surface area contributed by atoms with Crippen LogP contribution in [-0.2, 0) is 0 Å². The molecule has 0 saturated heterocycles. The molecular weight excluding hydrogens is 626 g/mol. The fourth-order valence-corrected chi connectivity index (χ4v) is 9.06. The SMILES string of the molecule is O=C(Oc1ccc(-[s+]2c3ccccc3c3ccccc32)cc1)c1sc(I)cc1I. The highest BCUT2D eigenvalue weighted by atomic mass is 127. The Morgan fingerprint density at radius 3 is 1.97 bits per heavy atom. The zero-order valence-corrected chi connectivity index (χ0v) is 20.8. The van der Waals surface area contributed by atoms with Crippen molar-refractivity contribution in [1.29, 1.82) is 0 Å². The fourth-order valence-electron chi connectivity index (χ4n) is 3.38. The van der Waals surface area contributed by atoms with Crippen LogP contribution in [0.3, 0.4) is 0 Å². The van der Waals surface area contributed by atoms with E-state index < -0.39 is 0 Å². The first-order valence-electron chi connectivity index (χ1n) is 8.81. The summed E-state index contributed by atoms with van der Waals surface area (Å²) in [5, 5.41) is 2.62. The zero-order chi connectivity index (χ0) is 20.0. The third kappa shape index (κ3) is 3.60. The smallest absolute Gasteiger partial charge is 0.354 e. The van der Waals surface area contributed by atoms with Gasteiger partial charge in [0, 0.05) is 36.9 Å². The van der Waals surface area contributed by atoms with E-state index in [2.05, 4.69) is 106 Å². The maximum absolute atomic E-state index is 12.5. The minimum absolute atomic E-state index is 0.138. The van der Waals surface area contributed by atoms with Gasteiger partial charge in [-0.15, -0.1) is 11.3 Å². The number of hydrogen-bond donors (Lipinski definition) is 0. The molecule has 0 aliphatic carbocycles. The molecule has 5 rings (SSSR count). The Labute approximate surface area is 201 Å². The van der Waals surface area contributed by atoms with E-state index in [1.54, 1.807) is 0 Å². The molecule has 29 heavy (non-hydrogen) atoms. The number of carbonyl (C=O) groups is 1. The summed E-state index contributed by atoms with van der Waals surface area (Å²) in [4.78, 5) is 14.4. The van der Waals surface area contributed by atoms with Crippen LogP contribution in [0.1, 0.15) is 9.67 Å². The lowest BCUT2D eigenvalue weighted by Gasteiger charge is -2.03. The van der Waals surface area contributed by atoms with Crippen LogP contribution in [0.5, 0.6) is 5.75 Å². The number of hydrogen-bond acceptors (Lipinski definition) is 3. The van der Waals surface area contributed by atoms with E-state index in [1.165, 1.54) is 36.4 Å². The van der Waals surface area contributed by atoms with Gasteiger partial charge < -0.3 is 4.74 Å². The monoisotopic (exact) mass is 639 g/mol. The average Bonchev–Trinajstić information content (AvgIpc) is 3.25. The summed E-state index contributed by atoms with van der Waals surface area (Å²) < 4.78 is 10.3. The first-order valence-corrected chi connectivity index (χ1v) is 13.0. The highest BCUT2D eigenvalue weighted by molar-refractivity contribution is 14.1. The summed E-state index contributed by atoms with van der Waals surface area (Å²) in [6.45, 7) is 0. The molecule has 0 fully saturated rings. The standard InChI is InChI=1S/C23H13I2O2S2/c24-18-13-21(25)28-22(18)23(26)27-14-9-11-15(12-10-14)29-19-7-3-1-5-16(19)17-6-2-4-8-20(17)29/h1-13H/q+1. The lowest BCUT2D eigenvalue weighted by molar-refractivity contribution is 0.0739. The van der Waals surface area contributed by atoms with Crippen molar-refractivity contribution in [1.82, 2.24) is 0 Å². The summed E-state index contributed by atoms with van der Waals surface area (Å²) in [5.41, 5.74) is 0. The Morgan fingerprint density at radius 1 is 0.828 bits per heavy atom. The van der Waals surface area contributed by atoms with Crippen LogP contribution in [0.25, 0.3) is 25.1 Å². The molecular formula is C23H13I2O2S2+. The van der Waals surface area contributed by atoms with Crippen LogP contribution in [-0.4, -0.2) is 5.97 Å². The Bertz CT molecular complexity index is 1310. The summed E-state index contributed by atoms with van der Waals surface area (Å²) in [6, 6.07) is 27.2. The van der Waals surface area contributed by atoms with Crippen LogP contribution < -0.4 is 4.74 Å². The Balaban J connectivity index is 1.52. The number of rotatable bonds is 3. The van der Waals surface area contributed by atoms with E-state index in [1.807, 2.05) is 18.2 Å². The van der Waals surface area contributed by atoms with E-state index in [0.717, 1.165) is 6.45 Å². The second kappa shape index (κ2) is 7.98. The minimum Gasteiger partial charge on any atom is -0.422 e. The first kappa shape index (κ1) is 19.5. The number of ether oxygens (including phenoxy) is 1. The number of carbonyl (C=O) groups excluding carboxylic acids is 1. The number of benzene rings is 3. The summed E-state index contributed by atoms with van der Waals surface area (Å²) >= 11 is 5.86. The summed E-state index contributed by atoms with van der Waals surface area (Å²) in [6.07, 6.45) is 0. The van der Waals surface area contributed by atoms with Crippen molar-refractivity contribution in [2.24, 2.45) is 0 Å². The normalized spacial score (nSPS) is 11.2. The fraction of sp³-hybridized carbons (Fsp3) is 0. The van der Waals surface area contributed by atoms with Crippen LogP contribution in [0, 0.1) is 6.45 Å². The first-order chi connectivity index (χ1) is 14.1. The molecule has 0 N–H and O–H groups in total. The quantitative estimate of drug-likeness (QED) is 0.0861. The van der Waals surface area contributed by atoms with E-state index in [0.29, 0.717) is 10.6 Å². The van der Waals surface area contributed by atoms with Crippen LogP contribution in [0.15, 0.2) is 78.9 Å². The third-order valence-electron chi connectivity index (χ3n) is 4.62. The van der Waals surface area contributed by atoms with Gasteiger partial charge in [-0.25, -0.2) is 4.79 Å². The molecule has 0 aliphatic rings. The molecule has 0 unspecified atom stereocenters. The lowest BCUT2D eigenvalue weighted by atomic mass is 10.2. The van der Waals surface area contributed by atoms with Gasteiger partial charge in [-0.1, -0.05) is 24.3 Å². The Kier molecular flexibility index (Phi) is 5.35. The zero-order valence-electron chi connectivity index (χ0n) is 14.9. The molecule has 2 heterocycles. The minimum atomic E-state index is -0.297. The van der Waals surface area contributed by atoms with Gasteiger partial charge in [-0.2, -0.15) is 0 Å². The average molecular weight is 639 g/mol. The molecule has 0 saturated carbocycles. The van der Waals surface area contributed by atoms with Gasteiger partial charge in [0.2, 0.25) is 0 Å². The van der Waals surface area contributed by atoms with Gasteiger partial charge in [-0.3, -0.25) is 0 Å². The number of fused-ring (bicyclic) bond motifs is 3. The van der Waals surface area contributed by atoms with E-state index >= 15 is 0 Å². The van der Waals surface area contributed by atoms with E-state index in [9.17, 15) is 4.79 Å². The largest absolute Gasteiger partial charge is 0.422 e. The van der Waals surface area contributed by atoms with E-state index in [4.69, 9.17) is 4.74 Å². The Hall–Kier alpha value is -1.49. The predicted octanol–water partition coefficient (Wildman–Crippen LogP) is 8.22. The van der Waals surface area contributed by atoms with Gasteiger partial charge in [-0.05, 0) is 87.6 Å². The molecule has 5 aromatic rings. The molecule has 0 spiro atoms. The number of thiophene rings is 2. The molecule has 2 nitrogen and oxygen atoms in total. The van der Waals surface area contributed by atoms with Crippen molar-refractivity contribution in [2.75, 3.05) is 0 Å². The molecule has 0 amide bonds. The van der Waals surface area contributed by atoms with Crippen LogP contribution in [0.4, 0.5) is 0 Å². The molecule has 0 radical (unpaired) electrons. The van der Waals surface area contributed by atoms with Crippen LogP contribution in [0.2, 0.25) is 0 Å². The highest BCUT2D eigenvalue weighted by Gasteiger charge is 2.23.